The van der Waals surface area contributed by atoms with Crippen molar-refractivity contribution in [3.05, 3.63) is 29.8 Å². The summed E-state index contributed by atoms with van der Waals surface area (Å²) in [4.78, 5) is 2.48. The van der Waals surface area contributed by atoms with E-state index in [9.17, 15) is 0 Å². The summed E-state index contributed by atoms with van der Waals surface area (Å²) in [5.74, 6) is 1.56. The van der Waals surface area contributed by atoms with E-state index < -0.39 is 0 Å². The first kappa shape index (κ1) is 15.3. The zero-order chi connectivity index (χ0) is 14.2. The van der Waals surface area contributed by atoms with Crippen LogP contribution < -0.4 is 4.74 Å². The van der Waals surface area contributed by atoms with Crippen molar-refractivity contribution in [3.63, 3.8) is 0 Å². The first-order valence-electron chi connectivity index (χ1n) is 7.78. The largest absolute Gasteiger partial charge is 0.494 e. The van der Waals surface area contributed by atoms with Crippen LogP contribution in [-0.2, 0) is 4.74 Å². The number of ether oxygens (including phenoxy) is 2. The number of hydrogen-bond acceptors (Lipinski definition) is 3. The molecule has 1 heterocycles. The summed E-state index contributed by atoms with van der Waals surface area (Å²) in [5, 5.41) is 0. The molecule has 0 spiro atoms. The second-order valence-electron chi connectivity index (χ2n) is 5.74. The third-order valence-corrected chi connectivity index (χ3v) is 3.77. The van der Waals surface area contributed by atoms with Gasteiger partial charge in [0, 0.05) is 13.1 Å². The molecule has 0 saturated carbocycles. The Morgan fingerprint density at radius 3 is 2.75 bits per heavy atom. The highest BCUT2D eigenvalue weighted by Gasteiger charge is 2.09. The molecule has 2 rings (SSSR count). The predicted molar refractivity (Wildman–Crippen MR) is 82.5 cm³/mol. The Morgan fingerprint density at radius 2 is 2.00 bits per heavy atom. The van der Waals surface area contributed by atoms with Gasteiger partial charge in [0.2, 0.25) is 0 Å². The second-order valence-corrected chi connectivity index (χ2v) is 5.74. The maximum Gasteiger partial charge on any atom is 0.119 e. The van der Waals surface area contributed by atoms with Gasteiger partial charge < -0.3 is 9.47 Å². The van der Waals surface area contributed by atoms with E-state index in [0.717, 1.165) is 45.1 Å². The Kier molecular flexibility index (Phi) is 6.34. The van der Waals surface area contributed by atoms with Crippen molar-refractivity contribution in [2.45, 2.75) is 32.6 Å². The molecule has 1 aliphatic rings. The summed E-state index contributed by atoms with van der Waals surface area (Å²) in [5.41, 5.74) is 1.34. The van der Waals surface area contributed by atoms with Crippen molar-refractivity contribution in [2.24, 2.45) is 0 Å². The smallest absolute Gasteiger partial charge is 0.119 e. The van der Waals surface area contributed by atoms with Crippen LogP contribution in [0.5, 0.6) is 5.75 Å². The molecule has 0 bridgehead atoms. The lowest BCUT2D eigenvalue weighted by atomic mass is 10.0. The van der Waals surface area contributed by atoms with E-state index in [1.807, 2.05) is 6.07 Å². The summed E-state index contributed by atoms with van der Waals surface area (Å²) >= 11 is 0. The molecule has 0 atom stereocenters. The first-order valence-corrected chi connectivity index (χ1v) is 7.78. The minimum absolute atomic E-state index is 0.555. The number of hydrogen-bond donors (Lipinski definition) is 0. The van der Waals surface area contributed by atoms with Crippen molar-refractivity contribution < 1.29 is 9.47 Å². The summed E-state index contributed by atoms with van der Waals surface area (Å²) in [6, 6.07) is 8.45. The van der Waals surface area contributed by atoms with E-state index in [1.54, 1.807) is 0 Å². The molecule has 1 fully saturated rings. The van der Waals surface area contributed by atoms with Crippen LogP contribution in [0.1, 0.15) is 38.2 Å². The molecule has 0 radical (unpaired) electrons. The fraction of sp³-hybridized carbons (Fsp3) is 0.647. The van der Waals surface area contributed by atoms with Gasteiger partial charge in [-0.15, -0.1) is 0 Å². The van der Waals surface area contributed by atoms with E-state index in [0.29, 0.717) is 5.92 Å². The standard InChI is InChI=1S/C17H27NO2/c1-15(2)16-6-5-7-17(14-16)20-11-4-3-8-18-9-12-19-13-10-18/h5-7,14-15H,3-4,8-13H2,1-2H3. The molecule has 20 heavy (non-hydrogen) atoms. The van der Waals surface area contributed by atoms with Crippen LogP contribution in [0, 0.1) is 0 Å². The van der Waals surface area contributed by atoms with Crippen LogP contribution in [0.25, 0.3) is 0 Å². The second kappa shape index (κ2) is 8.28. The number of unbranched alkanes of at least 4 members (excludes halogenated alkanes) is 1. The average molecular weight is 277 g/mol. The topological polar surface area (TPSA) is 21.7 Å². The SMILES string of the molecule is CC(C)c1cccc(OCCCCN2CCOCC2)c1. The molecule has 1 aromatic carbocycles. The van der Waals surface area contributed by atoms with Gasteiger partial charge in [0.15, 0.2) is 0 Å². The van der Waals surface area contributed by atoms with E-state index >= 15 is 0 Å². The van der Waals surface area contributed by atoms with E-state index in [-0.39, 0.29) is 0 Å². The van der Waals surface area contributed by atoms with Crippen molar-refractivity contribution >= 4 is 0 Å². The monoisotopic (exact) mass is 277 g/mol. The van der Waals surface area contributed by atoms with Gasteiger partial charge in [0.05, 0.1) is 19.8 Å². The number of morpholine rings is 1. The minimum Gasteiger partial charge on any atom is -0.494 e. The highest BCUT2D eigenvalue weighted by molar-refractivity contribution is 5.30. The number of benzene rings is 1. The molecule has 112 valence electrons. The number of rotatable bonds is 7. The quantitative estimate of drug-likeness (QED) is 0.714. The predicted octanol–water partition coefficient (Wildman–Crippen LogP) is 3.30. The van der Waals surface area contributed by atoms with Gasteiger partial charge in [-0.05, 0) is 43.0 Å². The molecule has 1 aliphatic heterocycles. The van der Waals surface area contributed by atoms with Crippen molar-refractivity contribution in [2.75, 3.05) is 39.5 Å². The van der Waals surface area contributed by atoms with Crippen molar-refractivity contribution in [1.29, 1.82) is 0 Å². The fourth-order valence-corrected chi connectivity index (χ4v) is 2.42. The van der Waals surface area contributed by atoms with Crippen LogP contribution in [0.2, 0.25) is 0 Å². The van der Waals surface area contributed by atoms with E-state index in [1.165, 1.54) is 18.5 Å². The van der Waals surface area contributed by atoms with E-state index in [2.05, 4.69) is 36.9 Å². The van der Waals surface area contributed by atoms with Crippen LogP contribution in [0.4, 0.5) is 0 Å². The molecule has 0 amide bonds. The maximum atomic E-state index is 5.84. The Bertz CT molecular complexity index is 386. The fourth-order valence-electron chi connectivity index (χ4n) is 2.42. The van der Waals surface area contributed by atoms with Crippen molar-refractivity contribution in [1.82, 2.24) is 4.90 Å². The summed E-state index contributed by atoms with van der Waals surface area (Å²) in [6.07, 6.45) is 2.31. The third kappa shape index (κ3) is 5.14. The molecule has 3 heteroatoms. The minimum atomic E-state index is 0.555. The van der Waals surface area contributed by atoms with Gasteiger partial charge in [0.25, 0.3) is 0 Å². The number of nitrogens with zero attached hydrogens (tertiary/aromatic N) is 1. The Morgan fingerprint density at radius 1 is 1.20 bits per heavy atom. The van der Waals surface area contributed by atoms with E-state index in [4.69, 9.17) is 9.47 Å². The molecule has 0 aliphatic carbocycles. The van der Waals surface area contributed by atoms with Gasteiger partial charge in [0.1, 0.15) is 5.75 Å². The molecule has 3 nitrogen and oxygen atoms in total. The lowest BCUT2D eigenvalue weighted by molar-refractivity contribution is 0.0368. The van der Waals surface area contributed by atoms with Gasteiger partial charge in [-0.25, -0.2) is 0 Å². The molecule has 0 unspecified atom stereocenters. The third-order valence-electron chi connectivity index (χ3n) is 3.77. The lowest BCUT2D eigenvalue weighted by Crippen LogP contribution is -2.36. The highest BCUT2D eigenvalue weighted by atomic mass is 16.5. The molecule has 1 saturated heterocycles. The van der Waals surface area contributed by atoms with Crippen molar-refractivity contribution in [3.8, 4) is 5.75 Å². The highest BCUT2D eigenvalue weighted by Crippen LogP contribution is 2.20. The maximum absolute atomic E-state index is 5.84. The Labute approximate surface area is 122 Å². The Balaban J connectivity index is 1.61. The van der Waals surface area contributed by atoms with Gasteiger partial charge in [-0.3, -0.25) is 4.90 Å². The first-order chi connectivity index (χ1) is 9.75. The molecule has 1 aromatic rings. The molecule has 0 aromatic heterocycles. The van der Waals surface area contributed by atoms with Gasteiger partial charge in [-0.1, -0.05) is 26.0 Å². The van der Waals surface area contributed by atoms with Crippen LogP contribution in [-0.4, -0.2) is 44.4 Å². The normalized spacial score (nSPS) is 16.6. The summed E-state index contributed by atoms with van der Waals surface area (Å²) < 4.78 is 11.2. The molecule has 0 N–H and O–H groups in total. The average Bonchev–Trinajstić information content (AvgIpc) is 2.48. The zero-order valence-corrected chi connectivity index (χ0v) is 12.8. The molecular formula is C17H27NO2. The van der Waals surface area contributed by atoms with Crippen LogP contribution in [0.15, 0.2) is 24.3 Å². The molecular weight excluding hydrogens is 250 g/mol. The zero-order valence-electron chi connectivity index (χ0n) is 12.8. The van der Waals surface area contributed by atoms with Crippen LogP contribution in [0.3, 0.4) is 0 Å². The Hall–Kier alpha value is -1.06. The van der Waals surface area contributed by atoms with Gasteiger partial charge in [-0.2, -0.15) is 0 Å². The summed E-state index contributed by atoms with van der Waals surface area (Å²) in [6.45, 7) is 10.3. The summed E-state index contributed by atoms with van der Waals surface area (Å²) in [7, 11) is 0. The van der Waals surface area contributed by atoms with Gasteiger partial charge >= 0.3 is 0 Å². The van der Waals surface area contributed by atoms with Crippen LogP contribution >= 0.6 is 0 Å². The lowest BCUT2D eigenvalue weighted by Gasteiger charge is -2.26.